The molecule has 86 valence electrons. The second kappa shape index (κ2) is 8.45. The largest absolute Gasteiger partial charge is 0.253 e. The molecular weight excluding hydrogens is 660 g/mol. The highest BCUT2D eigenvalue weighted by Crippen LogP contribution is 2.35. The average Bonchev–Trinajstić information content (AvgIpc) is 1.92. The molecule has 0 radical (unpaired) electrons. The van der Waals surface area contributed by atoms with Crippen LogP contribution in [-0.4, -0.2) is 6.13 Å². The van der Waals surface area contributed by atoms with E-state index in [1.165, 1.54) is 37.8 Å². The summed E-state index contributed by atoms with van der Waals surface area (Å²) in [6.45, 7) is 4.93. The Bertz CT molecular complexity index is 132. The summed E-state index contributed by atoms with van der Waals surface area (Å²) >= 11 is 10.7. The quantitative estimate of drug-likeness (QED) is 0.126. The molecule has 0 N–H and O–H groups in total. The topological polar surface area (TPSA) is 0 Å². The number of rotatable bonds is 7. The molecule has 0 fully saturated rings. The zero-order chi connectivity index (χ0) is 11.2. The third kappa shape index (κ3) is 15.4. The molecule has 0 nitrogen and oxygen atoms in total. The summed E-state index contributed by atoms with van der Waals surface area (Å²) in [7, 11) is 0. The van der Waals surface area contributed by atoms with Gasteiger partial charge in [-0.2, -0.15) is 0 Å². The van der Waals surface area contributed by atoms with Gasteiger partial charge in [0, 0.05) is 0 Å². The van der Waals surface area contributed by atoms with E-state index in [0.29, 0.717) is 0 Å². The number of hydrogen-bond donors (Lipinski definition) is 0. The molecule has 0 aromatic rings. The molecule has 0 saturated heterocycles. The van der Waals surface area contributed by atoms with Gasteiger partial charge in [-0.05, 0) is 12.1 Å². The predicted molar refractivity (Wildman–Crippen MR) is 107 cm³/mol. The molecule has 0 heterocycles. The lowest BCUT2D eigenvalue weighted by molar-refractivity contribution is 0.698. The van der Waals surface area contributed by atoms with Crippen molar-refractivity contribution in [1.29, 1.82) is 0 Å². The lowest BCUT2D eigenvalue weighted by Crippen LogP contribution is -2.13. The van der Waals surface area contributed by atoms with Crippen molar-refractivity contribution in [1.82, 2.24) is 0 Å². The van der Waals surface area contributed by atoms with Crippen molar-refractivity contribution in [3.05, 3.63) is 0 Å². The maximum Gasteiger partial charge on any atom is 0.253 e. The van der Waals surface area contributed by atoms with Crippen LogP contribution in [-0.2, 0) is 0 Å². The molecule has 0 rings (SSSR count). The second-order valence-corrected chi connectivity index (χ2v) is 53.8. The maximum absolute atomic E-state index is 2.69. The van der Waals surface area contributed by atoms with Crippen LogP contribution in [0, 0.1) is 0 Å². The van der Waals surface area contributed by atoms with Gasteiger partial charge in [-0.15, -0.1) is 21.8 Å². The minimum atomic E-state index is -0.837. The summed E-state index contributed by atoms with van der Waals surface area (Å²) in [5.41, 5.74) is -0.780. The lowest BCUT2D eigenvalue weighted by atomic mass is 10.2. The van der Waals surface area contributed by atoms with Crippen molar-refractivity contribution in [3.63, 3.8) is 0 Å². The molecule has 6 heteroatoms. The van der Waals surface area contributed by atoms with Crippen LogP contribution < -0.4 is 0 Å². The first-order chi connectivity index (χ1) is 6.21. The molecule has 0 aliphatic heterocycles. The maximum atomic E-state index is 2.69. The Morgan fingerprint density at radius 2 is 1.14 bits per heavy atom. The van der Waals surface area contributed by atoms with E-state index in [2.05, 4.69) is 100 Å². The Morgan fingerprint density at radius 3 is 1.50 bits per heavy atom. The summed E-state index contributed by atoms with van der Waals surface area (Å²) in [6.07, 6.45) is 5.86. The van der Waals surface area contributed by atoms with Gasteiger partial charge in [-0.25, -0.2) is 0 Å². The van der Waals surface area contributed by atoms with E-state index < -0.39 is 6.13 Å². The third-order valence-corrected chi connectivity index (χ3v) is 10.9. The summed E-state index contributed by atoms with van der Waals surface area (Å²) in [5.74, 6) is 0. The molecule has 0 amide bonds. The molecule has 14 heavy (non-hydrogen) atoms. The Balaban J connectivity index is 3.23. The van der Waals surface area contributed by atoms with Crippen LogP contribution in [0.15, 0.2) is 0 Å². The van der Waals surface area contributed by atoms with E-state index in [1.807, 2.05) is 0 Å². The van der Waals surface area contributed by atoms with Crippen molar-refractivity contribution >= 4 is 93.3 Å². The fourth-order valence-electron chi connectivity index (χ4n) is 1.22. The van der Waals surface area contributed by atoms with E-state index in [-0.39, 0.29) is 0 Å². The van der Waals surface area contributed by atoms with E-state index in [0.717, 1.165) is 0 Å². The van der Waals surface area contributed by atoms with Crippen molar-refractivity contribution in [2.75, 3.05) is 0 Å². The second-order valence-electron chi connectivity index (χ2n) is 4.25. The Labute approximate surface area is 141 Å². The predicted octanol–water partition coefficient (Wildman–Crippen LogP) is 6.43. The molecule has 0 atom stereocenters. The van der Waals surface area contributed by atoms with Gasteiger partial charge in [0.05, 0.1) is 0 Å². The van der Waals surface area contributed by atoms with Gasteiger partial charge < -0.3 is 0 Å². The van der Waals surface area contributed by atoms with Crippen molar-refractivity contribution in [2.45, 2.75) is 50.9 Å². The highest BCUT2D eigenvalue weighted by molar-refractivity contribution is 14.4. The van der Waals surface area contributed by atoms with Gasteiger partial charge in [0.15, 0.2) is 0 Å². The van der Waals surface area contributed by atoms with Crippen LogP contribution in [0.1, 0.15) is 25.7 Å². The first-order valence-corrected chi connectivity index (χ1v) is 22.8. The molecular formula is C8H18I4Si2. The van der Waals surface area contributed by atoms with E-state index in [1.54, 1.807) is 0 Å². The summed E-state index contributed by atoms with van der Waals surface area (Å²) < 4.78 is -0.837. The fraction of sp³-hybridized carbons (Fsp3) is 1.00. The van der Waals surface area contributed by atoms with Crippen molar-refractivity contribution in [3.8, 4) is 0 Å². The molecule has 0 aromatic heterocycles. The molecule has 0 aliphatic rings. The van der Waals surface area contributed by atoms with Crippen LogP contribution in [0.2, 0.25) is 25.2 Å². The molecule has 0 aromatic carbocycles. The monoisotopic (exact) mass is 678 g/mol. The fourth-order valence-corrected chi connectivity index (χ4v) is 7.54. The van der Waals surface area contributed by atoms with Gasteiger partial charge >= 0.3 is 0 Å². The summed E-state index contributed by atoms with van der Waals surface area (Å²) in [4.78, 5) is 0. The molecule has 0 bridgehead atoms. The highest BCUT2D eigenvalue weighted by Gasteiger charge is 2.20. The minimum Gasteiger partial charge on any atom is -0.119 e. The van der Waals surface area contributed by atoms with Crippen molar-refractivity contribution < 1.29 is 0 Å². The molecule has 0 aliphatic carbocycles. The van der Waals surface area contributed by atoms with Crippen LogP contribution >= 0.6 is 87.2 Å². The standard InChI is InChI=1S/C8H18I4Si2/c1-13(2,9)7-5-3-4-6-8-14(10,11)12/h3-8H2,1-2H3. The number of unbranched alkanes of at least 4 members (excludes halogenated alkanes) is 3. The van der Waals surface area contributed by atoms with Gasteiger partial charge in [0.25, 0.3) is 0.564 Å². The number of halogens is 4. The zero-order valence-corrected chi connectivity index (χ0v) is 19.4. The van der Waals surface area contributed by atoms with E-state index in [9.17, 15) is 0 Å². The molecule has 0 saturated carbocycles. The first-order valence-electron chi connectivity index (χ1n) is 4.96. The van der Waals surface area contributed by atoms with Gasteiger partial charge in [0.1, 0.15) is 5.57 Å². The van der Waals surface area contributed by atoms with E-state index >= 15 is 0 Å². The summed E-state index contributed by atoms with van der Waals surface area (Å²) in [5, 5.41) is 0. The number of hydrogen-bond acceptors (Lipinski definition) is 0. The zero-order valence-electron chi connectivity index (χ0n) is 8.75. The van der Waals surface area contributed by atoms with Gasteiger partial charge in [-0.3, -0.25) is 0 Å². The highest BCUT2D eigenvalue weighted by atomic mass is 127. The van der Waals surface area contributed by atoms with Gasteiger partial charge in [-0.1, -0.05) is 104 Å². The third-order valence-electron chi connectivity index (χ3n) is 1.98. The van der Waals surface area contributed by atoms with Crippen LogP contribution in [0.25, 0.3) is 0 Å². The average molecular weight is 678 g/mol. The molecule has 0 unspecified atom stereocenters. The first kappa shape index (κ1) is 17.4. The molecule has 0 spiro atoms. The minimum absolute atomic E-state index is 0.780. The van der Waals surface area contributed by atoms with Crippen LogP contribution in [0.5, 0.6) is 0 Å². The Hall–Kier alpha value is 3.35. The lowest BCUT2D eigenvalue weighted by Gasteiger charge is -2.13. The Morgan fingerprint density at radius 1 is 0.714 bits per heavy atom. The van der Waals surface area contributed by atoms with E-state index in [4.69, 9.17) is 0 Å². The SMILES string of the molecule is C[Si](C)(I)CCCCCC[Si](I)(I)I. The van der Waals surface area contributed by atoms with Gasteiger partial charge in [0.2, 0.25) is 0 Å². The van der Waals surface area contributed by atoms with Crippen molar-refractivity contribution in [2.24, 2.45) is 0 Å². The Kier molecular flexibility index (Phi) is 10.5. The smallest absolute Gasteiger partial charge is 0.119 e. The summed E-state index contributed by atoms with van der Waals surface area (Å²) in [6, 6.07) is 2.99. The normalized spacial score (nSPS) is 13.3. The van der Waals surface area contributed by atoms with Crippen LogP contribution in [0.4, 0.5) is 0 Å². The van der Waals surface area contributed by atoms with Crippen LogP contribution in [0.3, 0.4) is 0 Å².